The van der Waals surface area contributed by atoms with Gasteiger partial charge in [-0.3, -0.25) is 0 Å². The Kier molecular flexibility index (Phi) is 4.99. The number of hydrogen-bond acceptors (Lipinski definition) is 2. The van der Waals surface area contributed by atoms with Crippen LogP contribution in [0.25, 0.3) is 0 Å². The molecule has 0 radical (unpaired) electrons. The molecule has 1 atom stereocenters. The van der Waals surface area contributed by atoms with E-state index in [2.05, 4.69) is 0 Å². The van der Waals surface area contributed by atoms with E-state index in [4.69, 9.17) is 16.3 Å². The van der Waals surface area contributed by atoms with Gasteiger partial charge in [-0.2, -0.15) is 0 Å². The summed E-state index contributed by atoms with van der Waals surface area (Å²) in [4.78, 5) is 0. The number of halogens is 2. The summed E-state index contributed by atoms with van der Waals surface area (Å²) in [6.07, 6.45) is -0.0200. The van der Waals surface area contributed by atoms with Crippen LogP contribution in [0.5, 0.6) is 5.75 Å². The number of aliphatic hydroxyl groups excluding tert-OH is 1. The van der Waals surface area contributed by atoms with Crippen LogP contribution in [0.1, 0.15) is 30.6 Å². The fourth-order valence-corrected chi connectivity index (χ4v) is 2.10. The molecule has 20 heavy (non-hydrogen) atoms. The van der Waals surface area contributed by atoms with Crippen LogP contribution in [-0.4, -0.2) is 11.7 Å². The van der Waals surface area contributed by atoms with Crippen LogP contribution in [0.15, 0.2) is 42.5 Å². The molecule has 2 aromatic rings. The van der Waals surface area contributed by atoms with Crippen LogP contribution in [0, 0.1) is 5.82 Å². The molecule has 2 rings (SSSR count). The van der Waals surface area contributed by atoms with Crippen LogP contribution in [-0.2, 0) is 0 Å². The Morgan fingerprint density at radius 3 is 2.70 bits per heavy atom. The molecule has 1 N–H and O–H groups in total. The summed E-state index contributed by atoms with van der Waals surface area (Å²) in [6.45, 7) is 2.59. The Labute approximate surface area is 122 Å². The lowest BCUT2D eigenvalue weighted by Gasteiger charge is -2.16. The van der Waals surface area contributed by atoms with Gasteiger partial charge < -0.3 is 9.84 Å². The third-order valence-corrected chi connectivity index (χ3v) is 3.22. The number of aliphatic hydroxyl groups is 1. The minimum Gasteiger partial charge on any atom is -0.493 e. The zero-order chi connectivity index (χ0) is 14.5. The second-order valence-corrected chi connectivity index (χ2v) is 4.87. The van der Waals surface area contributed by atoms with Crippen LogP contribution in [0.3, 0.4) is 0 Å². The van der Waals surface area contributed by atoms with Crippen molar-refractivity contribution in [1.29, 1.82) is 0 Å². The minimum absolute atomic E-state index is 0.00601. The summed E-state index contributed by atoms with van der Waals surface area (Å²) in [6, 6.07) is 11.4. The molecule has 0 amide bonds. The van der Waals surface area contributed by atoms with Gasteiger partial charge in [0.1, 0.15) is 17.7 Å². The van der Waals surface area contributed by atoms with E-state index in [0.29, 0.717) is 23.5 Å². The van der Waals surface area contributed by atoms with Crippen LogP contribution < -0.4 is 4.74 Å². The standard InChI is InChI=1S/C16H16ClFO2/c1-2-9-20-15-6-4-3-5-12(15)16(19)11-7-8-14(18)13(17)10-11/h3-8,10,16,19H,2,9H2,1H3. The molecule has 0 fully saturated rings. The van der Waals surface area contributed by atoms with E-state index >= 15 is 0 Å². The number of hydrogen-bond donors (Lipinski definition) is 1. The molecule has 0 saturated carbocycles. The van der Waals surface area contributed by atoms with Crippen molar-refractivity contribution in [1.82, 2.24) is 0 Å². The first-order valence-corrected chi connectivity index (χ1v) is 6.86. The Balaban J connectivity index is 2.32. The Morgan fingerprint density at radius 1 is 1.25 bits per heavy atom. The van der Waals surface area contributed by atoms with Gasteiger partial charge in [0.2, 0.25) is 0 Å². The molecule has 0 aromatic heterocycles. The zero-order valence-corrected chi connectivity index (χ0v) is 11.9. The van der Waals surface area contributed by atoms with Gasteiger partial charge in [0.05, 0.1) is 11.6 Å². The van der Waals surface area contributed by atoms with E-state index in [1.165, 1.54) is 18.2 Å². The van der Waals surface area contributed by atoms with E-state index in [1.807, 2.05) is 19.1 Å². The van der Waals surface area contributed by atoms with E-state index < -0.39 is 11.9 Å². The summed E-state index contributed by atoms with van der Waals surface area (Å²) in [5.74, 6) is 0.125. The fourth-order valence-electron chi connectivity index (χ4n) is 1.91. The second kappa shape index (κ2) is 6.73. The number of rotatable bonds is 5. The average Bonchev–Trinajstić information content (AvgIpc) is 2.47. The molecule has 1 unspecified atom stereocenters. The molecule has 0 heterocycles. The van der Waals surface area contributed by atoms with E-state index in [0.717, 1.165) is 6.42 Å². The predicted molar refractivity (Wildman–Crippen MR) is 77.7 cm³/mol. The fraction of sp³-hybridized carbons (Fsp3) is 0.250. The van der Waals surface area contributed by atoms with Crippen molar-refractivity contribution in [2.45, 2.75) is 19.4 Å². The first-order valence-electron chi connectivity index (χ1n) is 6.48. The maximum Gasteiger partial charge on any atom is 0.141 e. The van der Waals surface area contributed by atoms with Crippen molar-refractivity contribution in [3.8, 4) is 5.75 Å². The molecule has 106 valence electrons. The summed E-state index contributed by atoms with van der Waals surface area (Å²) in [7, 11) is 0. The molecular weight excluding hydrogens is 279 g/mol. The Bertz CT molecular complexity index is 586. The summed E-state index contributed by atoms with van der Waals surface area (Å²) in [5.41, 5.74) is 1.17. The van der Waals surface area contributed by atoms with Gasteiger partial charge in [-0.15, -0.1) is 0 Å². The highest BCUT2D eigenvalue weighted by molar-refractivity contribution is 6.30. The molecule has 2 aromatic carbocycles. The third-order valence-electron chi connectivity index (χ3n) is 2.93. The van der Waals surface area contributed by atoms with E-state index in [9.17, 15) is 9.50 Å². The SMILES string of the molecule is CCCOc1ccccc1C(O)c1ccc(F)c(Cl)c1. The van der Waals surface area contributed by atoms with E-state index in [-0.39, 0.29) is 5.02 Å². The Hall–Kier alpha value is -1.58. The summed E-state index contributed by atoms with van der Waals surface area (Å²) >= 11 is 5.75. The topological polar surface area (TPSA) is 29.5 Å². The number of para-hydroxylation sites is 1. The van der Waals surface area contributed by atoms with Gasteiger partial charge in [-0.1, -0.05) is 42.8 Å². The molecule has 4 heteroatoms. The van der Waals surface area contributed by atoms with E-state index in [1.54, 1.807) is 12.1 Å². The molecule has 2 nitrogen and oxygen atoms in total. The third kappa shape index (κ3) is 3.30. The zero-order valence-electron chi connectivity index (χ0n) is 11.1. The largest absolute Gasteiger partial charge is 0.493 e. The van der Waals surface area contributed by atoms with Crippen molar-refractivity contribution < 1.29 is 14.2 Å². The molecule has 0 aliphatic carbocycles. The van der Waals surface area contributed by atoms with Crippen molar-refractivity contribution in [2.75, 3.05) is 6.61 Å². The molecule has 0 aliphatic heterocycles. The molecule has 0 bridgehead atoms. The van der Waals surface area contributed by atoms with Gasteiger partial charge in [-0.05, 0) is 30.2 Å². The summed E-state index contributed by atoms with van der Waals surface area (Å²) in [5, 5.41) is 10.4. The molecular formula is C16H16ClFO2. The van der Waals surface area contributed by atoms with Gasteiger partial charge in [-0.25, -0.2) is 4.39 Å². The number of benzene rings is 2. The number of ether oxygens (including phenoxy) is 1. The lowest BCUT2D eigenvalue weighted by Crippen LogP contribution is -2.05. The van der Waals surface area contributed by atoms with Crippen molar-refractivity contribution in [2.24, 2.45) is 0 Å². The molecule has 0 spiro atoms. The lowest BCUT2D eigenvalue weighted by atomic mass is 10.0. The molecule has 0 aliphatic rings. The highest BCUT2D eigenvalue weighted by Gasteiger charge is 2.16. The highest BCUT2D eigenvalue weighted by atomic mass is 35.5. The predicted octanol–water partition coefficient (Wildman–Crippen LogP) is 4.35. The first-order chi connectivity index (χ1) is 9.63. The lowest BCUT2D eigenvalue weighted by molar-refractivity contribution is 0.210. The van der Waals surface area contributed by atoms with Crippen LogP contribution in [0.2, 0.25) is 5.02 Å². The highest BCUT2D eigenvalue weighted by Crippen LogP contribution is 2.31. The quantitative estimate of drug-likeness (QED) is 0.888. The average molecular weight is 295 g/mol. The first kappa shape index (κ1) is 14.8. The monoisotopic (exact) mass is 294 g/mol. The normalized spacial score (nSPS) is 12.2. The smallest absolute Gasteiger partial charge is 0.141 e. The van der Waals surface area contributed by atoms with Gasteiger partial charge in [0.15, 0.2) is 0 Å². The van der Waals surface area contributed by atoms with Crippen molar-refractivity contribution >= 4 is 11.6 Å². The van der Waals surface area contributed by atoms with Gasteiger partial charge in [0.25, 0.3) is 0 Å². The van der Waals surface area contributed by atoms with Crippen molar-refractivity contribution in [3.05, 3.63) is 64.4 Å². The maximum atomic E-state index is 13.2. The van der Waals surface area contributed by atoms with Crippen LogP contribution in [0.4, 0.5) is 4.39 Å². The molecule has 0 saturated heterocycles. The van der Waals surface area contributed by atoms with Crippen LogP contribution >= 0.6 is 11.6 Å². The Morgan fingerprint density at radius 2 is 2.00 bits per heavy atom. The van der Waals surface area contributed by atoms with Crippen molar-refractivity contribution in [3.63, 3.8) is 0 Å². The van der Waals surface area contributed by atoms with Gasteiger partial charge in [0, 0.05) is 5.56 Å². The maximum absolute atomic E-state index is 13.2. The summed E-state index contributed by atoms with van der Waals surface area (Å²) < 4.78 is 18.8. The second-order valence-electron chi connectivity index (χ2n) is 4.46. The minimum atomic E-state index is -0.902. The van der Waals surface area contributed by atoms with Gasteiger partial charge >= 0.3 is 0 Å².